The van der Waals surface area contributed by atoms with Gasteiger partial charge < -0.3 is 11.1 Å². The van der Waals surface area contributed by atoms with Gasteiger partial charge in [-0.1, -0.05) is 0 Å². The summed E-state index contributed by atoms with van der Waals surface area (Å²) >= 11 is 0. The van der Waals surface area contributed by atoms with Gasteiger partial charge in [-0.25, -0.2) is 4.98 Å². The molecule has 2 heterocycles. The molecule has 0 fully saturated rings. The summed E-state index contributed by atoms with van der Waals surface area (Å²) in [5.74, 6) is 0.216. The summed E-state index contributed by atoms with van der Waals surface area (Å²) in [6.45, 7) is 0. The molecule has 2 aromatic rings. The number of hydrogen-bond donors (Lipinski definition) is 2. The number of amides is 1. The number of nitrogens with zero attached hydrogens (tertiary/aromatic N) is 2. The molecule has 0 aliphatic rings. The van der Waals surface area contributed by atoms with Crippen LogP contribution in [0.4, 0.5) is 11.5 Å². The lowest BCUT2D eigenvalue weighted by molar-refractivity contribution is 0.102. The quantitative estimate of drug-likeness (QED) is 0.789. The van der Waals surface area contributed by atoms with Crippen LogP contribution in [0.3, 0.4) is 0 Å². The van der Waals surface area contributed by atoms with Crippen molar-refractivity contribution in [3.05, 3.63) is 48.4 Å². The minimum Gasteiger partial charge on any atom is -0.397 e. The number of carbonyl (C=O) groups is 1. The van der Waals surface area contributed by atoms with E-state index in [0.717, 1.165) is 0 Å². The van der Waals surface area contributed by atoms with Gasteiger partial charge in [-0.2, -0.15) is 0 Å². The van der Waals surface area contributed by atoms with E-state index in [9.17, 15) is 4.79 Å². The molecular formula is C11H10N4O. The van der Waals surface area contributed by atoms with E-state index in [4.69, 9.17) is 5.73 Å². The van der Waals surface area contributed by atoms with Gasteiger partial charge in [-0.15, -0.1) is 0 Å². The maximum atomic E-state index is 11.7. The van der Waals surface area contributed by atoms with Crippen LogP contribution >= 0.6 is 0 Å². The van der Waals surface area contributed by atoms with E-state index < -0.39 is 0 Å². The Kier molecular flexibility index (Phi) is 2.77. The highest BCUT2D eigenvalue weighted by Crippen LogP contribution is 2.07. The fourth-order valence-corrected chi connectivity index (χ4v) is 1.16. The SMILES string of the molecule is Nc1ccc(NC(=O)c2cccnc2)nc1. The number of carbonyl (C=O) groups excluding carboxylic acids is 1. The highest BCUT2D eigenvalue weighted by atomic mass is 16.1. The lowest BCUT2D eigenvalue weighted by atomic mass is 10.2. The van der Waals surface area contributed by atoms with E-state index in [1.165, 1.54) is 12.4 Å². The minimum atomic E-state index is -0.245. The molecule has 0 saturated carbocycles. The van der Waals surface area contributed by atoms with Crippen molar-refractivity contribution in [1.29, 1.82) is 0 Å². The second-order valence-electron chi connectivity index (χ2n) is 3.17. The fourth-order valence-electron chi connectivity index (χ4n) is 1.16. The minimum absolute atomic E-state index is 0.245. The fraction of sp³-hybridized carbons (Fsp3) is 0. The van der Waals surface area contributed by atoms with Crippen LogP contribution < -0.4 is 11.1 Å². The lowest BCUT2D eigenvalue weighted by Crippen LogP contribution is -2.12. The van der Waals surface area contributed by atoms with Gasteiger partial charge in [0.05, 0.1) is 17.4 Å². The molecular weight excluding hydrogens is 204 g/mol. The van der Waals surface area contributed by atoms with E-state index in [-0.39, 0.29) is 5.91 Å². The van der Waals surface area contributed by atoms with Crippen LogP contribution in [-0.2, 0) is 0 Å². The monoisotopic (exact) mass is 214 g/mol. The molecule has 0 aliphatic heterocycles. The van der Waals surface area contributed by atoms with Crippen LogP contribution in [0.1, 0.15) is 10.4 Å². The Hall–Kier alpha value is -2.43. The molecule has 80 valence electrons. The molecule has 0 unspecified atom stereocenters. The third-order valence-electron chi connectivity index (χ3n) is 1.95. The summed E-state index contributed by atoms with van der Waals surface area (Å²) in [5.41, 5.74) is 6.53. The molecule has 2 rings (SSSR count). The zero-order chi connectivity index (χ0) is 11.4. The summed E-state index contributed by atoms with van der Waals surface area (Å²) in [7, 11) is 0. The molecule has 1 amide bonds. The van der Waals surface area contributed by atoms with Crippen LogP contribution in [-0.4, -0.2) is 15.9 Å². The lowest BCUT2D eigenvalue weighted by Gasteiger charge is -2.03. The first kappa shape index (κ1) is 10.1. The van der Waals surface area contributed by atoms with Crippen LogP contribution in [0.25, 0.3) is 0 Å². The number of nitrogens with one attached hydrogen (secondary N) is 1. The highest BCUT2D eigenvalue weighted by molar-refractivity contribution is 6.03. The molecule has 2 aromatic heterocycles. The number of nitrogens with two attached hydrogens (primary N) is 1. The first-order chi connectivity index (χ1) is 7.75. The second kappa shape index (κ2) is 4.39. The van der Waals surface area contributed by atoms with Crippen LogP contribution in [0.2, 0.25) is 0 Å². The number of anilines is 2. The molecule has 0 bridgehead atoms. The molecule has 3 N–H and O–H groups in total. The van der Waals surface area contributed by atoms with Gasteiger partial charge in [0.15, 0.2) is 0 Å². The van der Waals surface area contributed by atoms with Crippen molar-refractivity contribution < 1.29 is 4.79 Å². The Bertz CT molecular complexity index is 481. The first-order valence-electron chi connectivity index (χ1n) is 4.68. The predicted octanol–water partition coefficient (Wildman–Crippen LogP) is 1.31. The zero-order valence-electron chi connectivity index (χ0n) is 8.42. The standard InChI is InChI=1S/C11H10N4O/c12-9-3-4-10(14-7-9)15-11(16)8-2-1-5-13-6-8/h1-7H,12H2,(H,14,15,16). The van der Waals surface area contributed by atoms with Gasteiger partial charge in [-0.3, -0.25) is 9.78 Å². The summed E-state index contributed by atoms with van der Waals surface area (Å²) in [5, 5.41) is 2.64. The first-order valence-corrected chi connectivity index (χ1v) is 4.68. The van der Waals surface area contributed by atoms with Crippen molar-refractivity contribution >= 4 is 17.4 Å². The largest absolute Gasteiger partial charge is 0.397 e. The van der Waals surface area contributed by atoms with Gasteiger partial charge >= 0.3 is 0 Å². The Morgan fingerprint density at radius 1 is 1.25 bits per heavy atom. The predicted molar refractivity (Wildman–Crippen MR) is 60.8 cm³/mol. The molecule has 5 nitrogen and oxygen atoms in total. The number of rotatable bonds is 2. The van der Waals surface area contributed by atoms with Crippen molar-refractivity contribution in [2.24, 2.45) is 0 Å². The van der Waals surface area contributed by atoms with Crippen molar-refractivity contribution in [2.45, 2.75) is 0 Å². The Labute approximate surface area is 92.3 Å². The number of aromatic nitrogens is 2. The van der Waals surface area contributed by atoms with Gasteiger partial charge in [0.2, 0.25) is 0 Å². The van der Waals surface area contributed by atoms with Gasteiger partial charge in [0.25, 0.3) is 5.91 Å². The van der Waals surface area contributed by atoms with Crippen molar-refractivity contribution in [3.63, 3.8) is 0 Å². The molecule has 16 heavy (non-hydrogen) atoms. The highest BCUT2D eigenvalue weighted by Gasteiger charge is 2.05. The van der Waals surface area contributed by atoms with E-state index >= 15 is 0 Å². The Balaban J connectivity index is 2.11. The molecule has 5 heteroatoms. The van der Waals surface area contributed by atoms with Crippen molar-refractivity contribution in [3.8, 4) is 0 Å². The maximum Gasteiger partial charge on any atom is 0.258 e. The molecule has 0 spiro atoms. The van der Waals surface area contributed by atoms with Crippen LogP contribution in [0.15, 0.2) is 42.9 Å². The topological polar surface area (TPSA) is 80.9 Å². The average Bonchev–Trinajstić information content (AvgIpc) is 2.33. The van der Waals surface area contributed by atoms with Gasteiger partial charge in [0, 0.05) is 12.4 Å². The van der Waals surface area contributed by atoms with Gasteiger partial charge in [-0.05, 0) is 24.3 Å². The summed E-state index contributed by atoms with van der Waals surface area (Å²) in [4.78, 5) is 19.5. The molecule has 0 saturated heterocycles. The maximum absolute atomic E-state index is 11.7. The van der Waals surface area contributed by atoms with Crippen LogP contribution in [0.5, 0.6) is 0 Å². The van der Waals surface area contributed by atoms with E-state index in [0.29, 0.717) is 17.1 Å². The normalized spacial score (nSPS) is 9.75. The molecule has 0 atom stereocenters. The molecule has 0 aliphatic carbocycles. The van der Waals surface area contributed by atoms with Crippen molar-refractivity contribution in [2.75, 3.05) is 11.1 Å². The van der Waals surface area contributed by atoms with Gasteiger partial charge in [0.1, 0.15) is 5.82 Å². The van der Waals surface area contributed by atoms with Crippen LogP contribution in [0, 0.1) is 0 Å². The number of pyridine rings is 2. The smallest absolute Gasteiger partial charge is 0.258 e. The third-order valence-corrected chi connectivity index (χ3v) is 1.95. The van der Waals surface area contributed by atoms with E-state index in [1.807, 2.05) is 0 Å². The number of nitrogen functional groups attached to an aromatic ring is 1. The van der Waals surface area contributed by atoms with E-state index in [2.05, 4.69) is 15.3 Å². The summed E-state index contributed by atoms with van der Waals surface area (Å²) in [6, 6.07) is 6.69. The van der Waals surface area contributed by atoms with Crippen molar-refractivity contribution in [1.82, 2.24) is 9.97 Å². The summed E-state index contributed by atoms with van der Waals surface area (Å²) < 4.78 is 0. The third kappa shape index (κ3) is 2.33. The molecule has 0 radical (unpaired) electrons. The number of hydrogen-bond acceptors (Lipinski definition) is 4. The summed E-state index contributed by atoms with van der Waals surface area (Å²) in [6.07, 6.45) is 4.59. The molecule has 0 aromatic carbocycles. The zero-order valence-corrected chi connectivity index (χ0v) is 8.42. The second-order valence-corrected chi connectivity index (χ2v) is 3.17. The van der Waals surface area contributed by atoms with E-state index in [1.54, 1.807) is 30.5 Å². The Morgan fingerprint density at radius 3 is 2.75 bits per heavy atom. The Morgan fingerprint density at radius 2 is 2.12 bits per heavy atom. The average molecular weight is 214 g/mol.